The van der Waals surface area contributed by atoms with Crippen molar-refractivity contribution in [2.45, 2.75) is 38.5 Å². The second-order valence-corrected chi connectivity index (χ2v) is 32.3. The summed E-state index contributed by atoms with van der Waals surface area (Å²) in [5, 5.41) is 13.9. The Labute approximate surface area is 635 Å². The van der Waals surface area contributed by atoms with Gasteiger partial charge in [-0.15, -0.1) is 34.0 Å². The molecule has 0 bridgehead atoms. The van der Waals surface area contributed by atoms with Crippen molar-refractivity contribution in [1.82, 2.24) is 38.6 Å². The van der Waals surface area contributed by atoms with Crippen LogP contribution in [0.25, 0.3) is 193 Å². The predicted octanol–water partition coefficient (Wildman–Crippen LogP) is 26.1. The van der Waals surface area contributed by atoms with Crippen LogP contribution in [-0.4, -0.2) is 38.6 Å². The summed E-state index contributed by atoms with van der Waals surface area (Å²) < 4.78 is 7.07. The minimum atomic E-state index is -0.364. The van der Waals surface area contributed by atoms with Gasteiger partial charge >= 0.3 is 0 Å². The highest BCUT2D eigenvalue weighted by molar-refractivity contribution is 7.17. The molecule has 0 aliphatic heterocycles. The summed E-state index contributed by atoms with van der Waals surface area (Å²) in [6.45, 7) is 9.58. The van der Waals surface area contributed by atoms with E-state index in [9.17, 15) is 0 Å². The zero-order chi connectivity index (χ0) is 71.7. The summed E-state index contributed by atoms with van der Waals surface area (Å²) in [4.78, 5) is 29.5. The van der Waals surface area contributed by atoms with Gasteiger partial charge in [0, 0.05) is 94.7 Å². The molecule has 11 aromatic carbocycles. The number of aromatic nitrogens is 8. The summed E-state index contributed by atoms with van der Waals surface area (Å²) in [5.74, 6) is 1.80. The van der Waals surface area contributed by atoms with E-state index in [1.807, 2.05) is 30.6 Å². The first-order valence-electron chi connectivity index (χ1n) is 36.6. The van der Waals surface area contributed by atoms with Crippen molar-refractivity contribution < 1.29 is 0 Å². The van der Waals surface area contributed by atoms with E-state index in [4.69, 9.17) is 24.9 Å². The summed E-state index contributed by atoms with van der Waals surface area (Å²) in [5.41, 5.74) is 30.3. The van der Waals surface area contributed by atoms with Crippen molar-refractivity contribution in [3.63, 3.8) is 0 Å². The standard InChI is InChI=1S/C97H64N8S3/c1-96(2)81-25-12-8-19-71(81)72-36-33-60(53-82(72)96)64-47-65(50-68(49-64)103-86-26-13-9-20-74(86)78-40-44-106-92(78)103)61-34-37-73-77-24-16-23-70(89(77)97(3,4)83(73)54-61)62-39-43-98-85(55-62)67-48-66(51-69(52-67)104-87-27-14-10-21-75(87)79-41-45-107-93(79)104)84-38-35-63(56-99-84)57-29-31-59(32-30-57)91-100-90(58-17-6-5-7-18-58)101-95(102-91)105-88-28-15-11-22-76(88)80-42-46-108-94(80)105/h5-56H,1-4H3. The van der Waals surface area contributed by atoms with Gasteiger partial charge in [-0.2, -0.15) is 9.97 Å². The van der Waals surface area contributed by atoms with Crippen LogP contribution in [0.5, 0.6) is 0 Å². The van der Waals surface area contributed by atoms with E-state index in [-0.39, 0.29) is 10.8 Å². The van der Waals surface area contributed by atoms with Crippen LogP contribution < -0.4 is 0 Å². The van der Waals surface area contributed by atoms with Crippen molar-refractivity contribution in [3.8, 4) is 129 Å². The van der Waals surface area contributed by atoms with Crippen molar-refractivity contribution in [2.24, 2.45) is 0 Å². The normalized spacial score (nSPS) is 13.3. The number of thiophene rings is 3. The molecule has 2 aliphatic carbocycles. The third-order valence-electron chi connectivity index (χ3n) is 22.9. The van der Waals surface area contributed by atoms with Crippen molar-refractivity contribution in [2.75, 3.05) is 0 Å². The molecule has 0 atom stereocenters. The van der Waals surface area contributed by atoms with E-state index in [0.717, 1.165) is 77.6 Å². The summed E-state index contributed by atoms with van der Waals surface area (Å²) in [6, 6.07) is 105. The first-order valence-corrected chi connectivity index (χ1v) is 39.3. The van der Waals surface area contributed by atoms with Gasteiger partial charge in [0.15, 0.2) is 11.6 Å². The average molecular weight is 1440 g/mol. The largest absolute Gasteiger partial charge is 0.301 e. The Kier molecular flexibility index (Phi) is 13.8. The quantitative estimate of drug-likeness (QED) is 0.129. The molecule has 0 saturated carbocycles. The van der Waals surface area contributed by atoms with E-state index >= 15 is 0 Å². The SMILES string of the molecule is CC1(C)c2ccccc2-c2ccc(-c3cc(-c4ccc5c(c4)C(C)(C)c4c(-c6ccnc(-c7cc(-c8ccc(-c9ccc(-c%10nc(-c%11ccccc%11)nc(-n%11c%12ccccc%12c%12ccsc%12%11)n%10)cc9)cn8)cc(-n8c9ccccc9c9ccsc98)c7)c6)cccc4-5)cc(-n4c5ccccc5c5ccsc54)c3)cc21. The molecule has 9 heterocycles. The lowest BCUT2D eigenvalue weighted by atomic mass is 9.78. The van der Waals surface area contributed by atoms with Crippen LogP contribution in [0.1, 0.15) is 49.9 Å². The van der Waals surface area contributed by atoms with E-state index in [0.29, 0.717) is 17.6 Å². The van der Waals surface area contributed by atoms with Crippen LogP contribution in [0, 0.1) is 0 Å². The average Bonchev–Trinajstić information content (AvgIpc) is 1.57. The van der Waals surface area contributed by atoms with Gasteiger partial charge in [0.05, 0.1) is 27.9 Å². The molecule has 0 unspecified atom stereocenters. The Morgan fingerprint density at radius 3 is 1.37 bits per heavy atom. The summed E-state index contributed by atoms with van der Waals surface area (Å²) in [7, 11) is 0. The highest BCUT2D eigenvalue weighted by atomic mass is 32.1. The summed E-state index contributed by atoms with van der Waals surface area (Å²) in [6.07, 6.45) is 3.98. The first kappa shape index (κ1) is 62.6. The van der Waals surface area contributed by atoms with Gasteiger partial charge in [0.1, 0.15) is 14.5 Å². The number of hydrogen-bond acceptors (Lipinski definition) is 8. The zero-order valence-electron chi connectivity index (χ0n) is 59.3. The highest BCUT2D eigenvalue weighted by Gasteiger charge is 2.39. The third kappa shape index (κ3) is 9.61. The van der Waals surface area contributed by atoms with Crippen LogP contribution in [0.4, 0.5) is 0 Å². The summed E-state index contributed by atoms with van der Waals surface area (Å²) >= 11 is 5.26. The van der Waals surface area contributed by atoms with E-state index in [1.165, 1.54) is 120 Å². The molecule has 0 fully saturated rings. The Balaban J connectivity index is 0.618. The minimum Gasteiger partial charge on any atom is -0.301 e. The molecule has 22 rings (SSSR count). The van der Waals surface area contributed by atoms with Crippen LogP contribution in [0.2, 0.25) is 0 Å². The van der Waals surface area contributed by atoms with Crippen molar-refractivity contribution in [3.05, 3.63) is 336 Å². The Hall–Kier alpha value is -12.8. The zero-order valence-corrected chi connectivity index (χ0v) is 61.8. The maximum Gasteiger partial charge on any atom is 0.239 e. The molecular weight excluding hydrogens is 1370 g/mol. The Morgan fingerprint density at radius 2 is 0.750 bits per heavy atom. The topological polar surface area (TPSA) is 79.2 Å². The van der Waals surface area contributed by atoms with Gasteiger partial charge in [0.25, 0.3) is 0 Å². The number of pyridine rings is 2. The molecule has 108 heavy (non-hydrogen) atoms. The van der Waals surface area contributed by atoms with Crippen LogP contribution in [0.3, 0.4) is 0 Å². The number of nitrogens with zero attached hydrogens (tertiary/aromatic N) is 8. The molecule has 0 N–H and O–H groups in total. The highest BCUT2D eigenvalue weighted by Crippen LogP contribution is 2.55. The molecule has 0 amide bonds. The molecule has 11 heteroatoms. The Bertz CT molecular complexity index is 7120. The second-order valence-electron chi connectivity index (χ2n) is 29.6. The molecule has 8 nitrogen and oxygen atoms in total. The number of fused-ring (bicyclic) bond motifs is 15. The lowest BCUT2D eigenvalue weighted by Crippen LogP contribution is -2.16. The fourth-order valence-corrected chi connectivity index (χ4v) is 20.5. The number of para-hydroxylation sites is 3. The number of rotatable bonds is 11. The molecule has 0 saturated heterocycles. The molecule has 20 aromatic rings. The van der Waals surface area contributed by atoms with Gasteiger partial charge in [-0.1, -0.05) is 210 Å². The lowest BCUT2D eigenvalue weighted by Gasteiger charge is -2.25. The van der Waals surface area contributed by atoms with Gasteiger partial charge < -0.3 is 9.13 Å². The first-order chi connectivity index (χ1) is 53.0. The second kappa shape index (κ2) is 23.9. The van der Waals surface area contributed by atoms with Crippen molar-refractivity contribution >= 4 is 97.4 Å². The molecule has 510 valence electrons. The maximum absolute atomic E-state index is 5.29. The fraction of sp³-hybridized carbons (Fsp3) is 0.0619. The predicted molar refractivity (Wildman–Crippen MR) is 451 cm³/mol. The number of benzene rings is 11. The van der Waals surface area contributed by atoms with E-state index in [1.54, 1.807) is 34.0 Å². The van der Waals surface area contributed by atoms with Gasteiger partial charge in [-0.3, -0.25) is 14.5 Å². The van der Waals surface area contributed by atoms with Gasteiger partial charge in [-0.05, 0) is 203 Å². The smallest absolute Gasteiger partial charge is 0.239 e. The van der Waals surface area contributed by atoms with Crippen LogP contribution in [0.15, 0.2) is 314 Å². The van der Waals surface area contributed by atoms with Crippen LogP contribution in [-0.2, 0) is 10.8 Å². The minimum absolute atomic E-state index is 0.130. The van der Waals surface area contributed by atoms with Crippen LogP contribution >= 0.6 is 34.0 Å². The molecule has 0 spiro atoms. The third-order valence-corrected chi connectivity index (χ3v) is 25.6. The molecule has 9 aromatic heterocycles. The lowest BCUT2D eigenvalue weighted by molar-refractivity contribution is 0.660. The molecule has 0 radical (unpaired) electrons. The molecular formula is C97H64N8S3. The van der Waals surface area contributed by atoms with Gasteiger partial charge in [0.2, 0.25) is 5.95 Å². The van der Waals surface area contributed by atoms with E-state index in [2.05, 4.69) is 324 Å². The maximum atomic E-state index is 5.29. The molecule has 2 aliphatic rings. The monoisotopic (exact) mass is 1440 g/mol. The van der Waals surface area contributed by atoms with Gasteiger partial charge in [-0.25, -0.2) is 4.98 Å². The number of hydrogen-bond donors (Lipinski definition) is 0. The van der Waals surface area contributed by atoms with Crippen molar-refractivity contribution in [1.29, 1.82) is 0 Å². The van der Waals surface area contributed by atoms with E-state index < -0.39 is 0 Å². The Morgan fingerprint density at radius 1 is 0.278 bits per heavy atom. The fourth-order valence-electron chi connectivity index (χ4n) is 17.7.